The first-order chi connectivity index (χ1) is 23.6. The molecule has 246 valence electrons. The summed E-state index contributed by atoms with van der Waals surface area (Å²) >= 11 is 3.26. The van der Waals surface area contributed by atoms with Gasteiger partial charge in [-0.1, -0.05) is 35.9 Å². The average molecular weight is 718 g/mol. The first-order valence-corrected chi connectivity index (χ1v) is 16.9. The van der Waals surface area contributed by atoms with Crippen LogP contribution in [0.25, 0.3) is 0 Å². The third kappa shape index (κ3) is 5.50. The number of Topliss-reactive ketones (excluding diaryl/α,β-unsaturated/α-hetero) is 1. The van der Waals surface area contributed by atoms with Crippen LogP contribution in [0.5, 0.6) is 5.75 Å². The van der Waals surface area contributed by atoms with E-state index >= 15 is 0 Å². The lowest BCUT2D eigenvalue weighted by Gasteiger charge is -2.42. The van der Waals surface area contributed by atoms with Gasteiger partial charge in [0.15, 0.2) is 11.6 Å². The van der Waals surface area contributed by atoms with Gasteiger partial charge in [-0.3, -0.25) is 24.1 Å². The number of phenols is 1. The fraction of sp³-hybridized carbons (Fsp3) is 0.231. The van der Waals surface area contributed by atoms with Gasteiger partial charge in [0.05, 0.1) is 33.4 Å². The van der Waals surface area contributed by atoms with Gasteiger partial charge >= 0.3 is 0 Å². The highest BCUT2D eigenvalue weighted by atomic mass is 79.9. The van der Waals surface area contributed by atoms with E-state index in [-0.39, 0.29) is 40.0 Å². The van der Waals surface area contributed by atoms with E-state index < -0.39 is 23.7 Å². The van der Waals surface area contributed by atoms with Crippen LogP contribution < -0.4 is 9.80 Å². The Hall–Kier alpha value is -5.22. The summed E-state index contributed by atoms with van der Waals surface area (Å²) in [5, 5.41) is 20.0. The fourth-order valence-electron chi connectivity index (χ4n) is 7.58. The lowest BCUT2D eigenvalue weighted by molar-refractivity contribution is -0.123. The van der Waals surface area contributed by atoms with Crippen molar-refractivity contribution in [3.05, 3.63) is 124 Å². The van der Waals surface area contributed by atoms with E-state index in [4.69, 9.17) is 0 Å². The van der Waals surface area contributed by atoms with Crippen LogP contribution in [0.3, 0.4) is 0 Å². The minimum Gasteiger partial charge on any atom is -0.507 e. The number of hydrogen-bond donors (Lipinski definition) is 1. The monoisotopic (exact) mass is 716 g/mol. The van der Waals surface area contributed by atoms with Gasteiger partial charge in [-0.25, -0.2) is 0 Å². The fourth-order valence-corrected chi connectivity index (χ4v) is 8.03. The summed E-state index contributed by atoms with van der Waals surface area (Å²) < 4.78 is 0.151. The molecule has 0 radical (unpaired) electrons. The molecule has 4 atom stereocenters. The van der Waals surface area contributed by atoms with Crippen LogP contribution in [0.2, 0.25) is 0 Å². The van der Waals surface area contributed by atoms with Gasteiger partial charge in [-0.15, -0.1) is 6.58 Å². The van der Waals surface area contributed by atoms with Gasteiger partial charge < -0.3 is 10.0 Å². The molecule has 3 aromatic carbocycles. The number of phenolic OH excluding ortho intramolecular Hbond substituents is 1. The van der Waals surface area contributed by atoms with Crippen molar-refractivity contribution in [3.8, 4) is 5.75 Å². The number of para-hydroxylation sites is 1. The maximum atomic E-state index is 14.3. The van der Waals surface area contributed by atoms with E-state index in [1.54, 1.807) is 48.5 Å². The zero-order valence-electron chi connectivity index (χ0n) is 27.0. The number of aromatic hydroxyl groups is 1. The van der Waals surface area contributed by atoms with Crippen LogP contribution in [0.15, 0.2) is 123 Å². The molecule has 2 amide bonds. The number of ketones is 2. The highest BCUT2D eigenvalue weighted by molar-refractivity contribution is 9.12. The van der Waals surface area contributed by atoms with E-state index in [0.29, 0.717) is 52.2 Å². The van der Waals surface area contributed by atoms with Crippen molar-refractivity contribution < 1.29 is 24.3 Å². The van der Waals surface area contributed by atoms with Crippen LogP contribution in [0.4, 0.5) is 22.7 Å². The number of anilines is 2. The number of nitrogens with zero attached hydrogens (tertiary/aromatic N) is 4. The number of benzene rings is 3. The van der Waals surface area contributed by atoms with Crippen LogP contribution in [0, 0.1) is 17.8 Å². The average Bonchev–Trinajstić information content (AvgIpc) is 3.36. The van der Waals surface area contributed by atoms with Crippen LogP contribution in [-0.4, -0.2) is 42.6 Å². The smallest absolute Gasteiger partial charge is 0.238 e. The number of hydrogen-bond acceptors (Lipinski definition) is 8. The molecular formula is C39H33BrN4O5. The topological polar surface area (TPSA) is 120 Å². The van der Waals surface area contributed by atoms with Crippen molar-refractivity contribution in [3.63, 3.8) is 0 Å². The lowest BCUT2D eigenvalue weighted by atomic mass is 9.59. The van der Waals surface area contributed by atoms with Crippen molar-refractivity contribution in [2.75, 3.05) is 23.9 Å². The molecule has 0 aromatic heterocycles. The maximum absolute atomic E-state index is 14.3. The zero-order valence-corrected chi connectivity index (χ0v) is 28.6. The van der Waals surface area contributed by atoms with Crippen molar-refractivity contribution in [1.82, 2.24) is 0 Å². The first kappa shape index (κ1) is 32.3. The molecule has 3 aromatic rings. The highest BCUT2D eigenvalue weighted by Crippen LogP contribution is 2.56. The Labute approximate surface area is 292 Å². The number of carbonyl (C=O) groups excluding carboxylic acids is 4. The summed E-state index contributed by atoms with van der Waals surface area (Å²) in [6, 6.07) is 19.8. The molecule has 1 fully saturated rings. The summed E-state index contributed by atoms with van der Waals surface area (Å²) in [5.74, 6) is -3.90. The van der Waals surface area contributed by atoms with Crippen LogP contribution >= 0.6 is 15.9 Å². The predicted molar refractivity (Wildman–Crippen MR) is 190 cm³/mol. The highest BCUT2D eigenvalue weighted by Gasteiger charge is 2.57. The Balaban J connectivity index is 1.21. The molecule has 0 bridgehead atoms. The van der Waals surface area contributed by atoms with E-state index in [2.05, 4.69) is 32.7 Å². The Morgan fingerprint density at radius 1 is 0.939 bits per heavy atom. The van der Waals surface area contributed by atoms with Crippen molar-refractivity contribution in [2.24, 2.45) is 28.0 Å². The molecule has 3 aliphatic carbocycles. The summed E-state index contributed by atoms with van der Waals surface area (Å²) in [7, 11) is 3.93. The molecule has 0 saturated carbocycles. The molecule has 1 N–H and O–H groups in total. The molecule has 7 rings (SSSR count). The van der Waals surface area contributed by atoms with E-state index in [0.717, 1.165) is 11.3 Å². The first-order valence-electron chi connectivity index (χ1n) is 16.1. The number of fused-ring (bicyclic) bond motifs is 3. The molecule has 1 saturated heterocycles. The van der Waals surface area contributed by atoms with Crippen molar-refractivity contribution in [2.45, 2.75) is 25.2 Å². The van der Waals surface area contributed by atoms with Gasteiger partial charge in [0.1, 0.15) is 5.75 Å². The summed E-state index contributed by atoms with van der Waals surface area (Å²) in [6.07, 6.45) is 5.75. The Morgan fingerprint density at radius 2 is 1.61 bits per heavy atom. The second-order valence-electron chi connectivity index (χ2n) is 12.9. The third-order valence-electron chi connectivity index (χ3n) is 9.91. The number of amides is 2. The quantitative estimate of drug-likeness (QED) is 0.117. The van der Waals surface area contributed by atoms with Gasteiger partial charge in [-0.2, -0.15) is 10.2 Å². The zero-order chi connectivity index (χ0) is 34.6. The minimum absolute atomic E-state index is 0.0232. The van der Waals surface area contributed by atoms with Crippen LogP contribution in [0.1, 0.15) is 29.9 Å². The number of halogens is 1. The Bertz CT molecular complexity index is 2060. The molecule has 10 heteroatoms. The van der Waals surface area contributed by atoms with Crippen molar-refractivity contribution in [1.29, 1.82) is 0 Å². The van der Waals surface area contributed by atoms with Crippen molar-refractivity contribution >= 4 is 62.1 Å². The molecule has 4 aliphatic rings. The minimum atomic E-state index is -0.742. The Morgan fingerprint density at radius 3 is 2.27 bits per heavy atom. The summed E-state index contributed by atoms with van der Waals surface area (Å²) in [4.78, 5) is 58.5. The van der Waals surface area contributed by atoms with Gasteiger partial charge in [-0.05, 0) is 95.2 Å². The van der Waals surface area contributed by atoms with Gasteiger partial charge in [0, 0.05) is 48.5 Å². The normalized spacial score (nSPS) is 23.3. The number of carbonyl (C=O) groups is 4. The van der Waals surface area contributed by atoms with E-state index in [1.807, 2.05) is 49.3 Å². The largest absolute Gasteiger partial charge is 0.507 e. The number of imide groups is 1. The summed E-state index contributed by atoms with van der Waals surface area (Å²) in [5.41, 5.74) is 5.25. The second-order valence-corrected chi connectivity index (χ2v) is 13.7. The van der Waals surface area contributed by atoms with Gasteiger partial charge in [0.25, 0.3) is 0 Å². The summed E-state index contributed by atoms with van der Waals surface area (Å²) in [6.45, 7) is 3.79. The maximum Gasteiger partial charge on any atom is 0.238 e. The molecular weight excluding hydrogens is 684 g/mol. The molecule has 0 unspecified atom stereocenters. The van der Waals surface area contributed by atoms with E-state index in [1.165, 1.54) is 11.0 Å². The standard InChI is InChI=1S/C39H33BrN4O5/c1-4-6-21-7-5-8-27(36(21)46)33-26-17-18-28-34(29(26)19-30-35(33)32(45)20-31(40)37(30)47)39(49)44(38(28)48)25-15-11-23(12-16-25)42-41-22-9-13-24(14-10-22)43(2)3/h4-5,7-17,20,28-29,33-34,46H,1,6,18-19H2,2-3H3/t28-,29+,33+,34-/m0/s1. The second kappa shape index (κ2) is 12.7. The molecule has 1 aliphatic heterocycles. The van der Waals surface area contributed by atoms with Gasteiger partial charge in [0.2, 0.25) is 11.8 Å². The molecule has 49 heavy (non-hydrogen) atoms. The SMILES string of the molecule is C=CCc1cccc([C@H]2C3=CC[C@@H]4C(=O)N(c5ccc(N=Nc6ccc(N(C)C)cc6)cc5)C(=O)[C@@H]4[C@@H]3CC3=C2C(=O)C=C(Br)C3=O)c1O. The third-order valence-corrected chi connectivity index (χ3v) is 10.5. The molecule has 0 spiro atoms. The number of rotatable bonds is 7. The van der Waals surface area contributed by atoms with Crippen LogP contribution in [-0.2, 0) is 25.6 Å². The predicted octanol–water partition coefficient (Wildman–Crippen LogP) is 7.57. The molecule has 9 nitrogen and oxygen atoms in total. The lowest BCUT2D eigenvalue weighted by Crippen LogP contribution is -2.39. The van der Waals surface area contributed by atoms with E-state index in [9.17, 15) is 24.3 Å². The molecule has 1 heterocycles. The number of allylic oxidation sites excluding steroid dienone is 7. The Kier molecular flexibility index (Phi) is 8.36. The number of azo groups is 1.